The molecule has 1 fully saturated rings. The number of sulfonamides is 1. The molecule has 3 nitrogen and oxygen atoms in total. The van der Waals surface area contributed by atoms with E-state index in [4.69, 9.17) is 0 Å². The van der Waals surface area contributed by atoms with Gasteiger partial charge in [0, 0.05) is 12.6 Å². The average Bonchev–Trinajstić information content (AvgIpc) is 2.82. The second kappa shape index (κ2) is 9.88. The molecule has 1 aliphatic heterocycles. The number of hydrogen-bond donors (Lipinski definition) is 0. The standard InChI is InChI=1S/C30H37NO2SSi/c1-6-13-25-22-31(34(32,33)26-20-18-24(2)19-21-26)29(25)23-35(30(3,4)5,27-14-9-7-10-15-27)28-16-11-8-12-17-28/h6-12,14-21,25,29H,1,13,22-23H2,2-5H3/t25-,29+/m1/s1. The summed E-state index contributed by atoms with van der Waals surface area (Å²) in [6.07, 6.45) is 2.77. The van der Waals surface area contributed by atoms with Crippen LogP contribution in [0.4, 0.5) is 0 Å². The summed E-state index contributed by atoms with van der Waals surface area (Å²) in [6.45, 7) is 13.5. The van der Waals surface area contributed by atoms with Crippen LogP contribution in [0.1, 0.15) is 32.8 Å². The number of aryl methyl sites for hydroxylation is 1. The second-order valence-electron chi connectivity index (χ2n) is 10.8. The summed E-state index contributed by atoms with van der Waals surface area (Å²) >= 11 is 0. The van der Waals surface area contributed by atoms with Crippen molar-refractivity contribution in [3.8, 4) is 0 Å². The molecule has 0 amide bonds. The SMILES string of the molecule is C=CC[C@@H]1CN(S(=O)(=O)c2ccc(C)cc2)[C@H]1C[Si](c1ccccc1)(c1ccccc1)C(C)(C)C. The molecule has 184 valence electrons. The smallest absolute Gasteiger partial charge is 0.207 e. The molecule has 0 saturated carbocycles. The highest BCUT2D eigenvalue weighted by molar-refractivity contribution is 7.89. The number of nitrogens with zero attached hydrogens (tertiary/aromatic N) is 1. The summed E-state index contributed by atoms with van der Waals surface area (Å²) in [5.74, 6) is 0.273. The number of benzene rings is 3. The van der Waals surface area contributed by atoms with E-state index in [-0.39, 0.29) is 17.0 Å². The maximum atomic E-state index is 13.8. The van der Waals surface area contributed by atoms with Crippen molar-refractivity contribution in [1.82, 2.24) is 4.31 Å². The molecule has 1 heterocycles. The molecule has 0 unspecified atom stereocenters. The van der Waals surface area contributed by atoms with Gasteiger partial charge in [0.15, 0.2) is 0 Å². The van der Waals surface area contributed by atoms with Crippen molar-refractivity contribution in [2.24, 2.45) is 5.92 Å². The Morgan fingerprint density at radius 3 is 1.89 bits per heavy atom. The Bertz CT molecular complexity index is 1210. The highest BCUT2D eigenvalue weighted by atomic mass is 32.2. The minimum Gasteiger partial charge on any atom is -0.207 e. The summed E-state index contributed by atoms with van der Waals surface area (Å²) in [5, 5.41) is 2.69. The third kappa shape index (κ3) is 4.69. The molecule has 0 aliphatic carbocycles. The molecule has 4 rings (SSSR count). The van der Waals surface area contributed by atoms with Crippen molar-refractivity contribution >= 4 is 28.5 Å². The van der Waals surface area contributed by atoms with Gasteiger partial charge in [0.1, 0.15) is 8.07 Å². The fraction of sp³-hybridized carbons (Fsp3) is 0.333. The van der Waals surface area contributed by atoms with Gasteiger partial charge in [0.2, 0.25) is 10.0 Å². The predicted octanol–water partition coefficient (Wildman–Crippen LogP) is 5.62. The molecule has 2 atom stereocenters. The first kappa shape index (κ1) is 25.6. The van der Waals surface area contributed by atoms with Crippen LogP contribution in [0, 0.1) is 12.8 Å². The third-order valence-corrected chi connectivity index (χ3v) is 15.9. The van der Waals surface area contributed by atoms with E-state index in [9.17, 15) is 8.42 Å². The molecular formula is C30H37NO2SSi. The van der Waals surface area contributed by atoms with Crippen LogP contribution in [0.15, 0.2) is 102 Å². The van der Waals surface area contributed by atoms with Crippen molar-refractivity contribution in [3.05, 3.63) is 103 Å². The van der Waals surface area contributed by atoms with Crippen LogP contribution < -0.4 is 10.4 Å². The first-order chi connectivity index (χ1) is 16.6. The molecule has 0 aromatic heterocycles. The molecular weight excluding hydrogens is 466 g/mol. The van der Waals surface area contributed by atoms with Crippen molar-refractivity contribution in [1.29, 1.82) is 0 Å². The van der Waals surface area contributed by atoms with Crippen LogP contribution in [0.2, 0.25) is 11.1 Å². The molecule has 1 saturated heterocycles. The van der Waals surface area contributed by atoms with Crippen LogP contribution >= 0.6 is 0 Å². The summed E-state index contributed by atoms with van der Waals surface area (Å²) < 4.78 is 29.4. The number of rotatable bonds is 8. The zero-order valence-corrected chi connectivity index (χ0v) is 23.1. The second-order valence-corrected chi connectivity index (χ2v) is 17.6. The quantitative estimate of drug-likeness (QED) is 0.295. The molecule has 5 heteroatoms. The lowest BCUT2D eigenvalue weighted by molar-refractivity contribution is 0.117. The zero-order valence-electron chi connectivity index (χ0n) is 21.3. The van der Waals surface area contributed by atoms with Gasteiger partial charge in [-0.2, -0.15) is 4.31 Å². The van der Waals surface area contributed by atoms with Crippen LogP contribution in [-0.2, 0) is 10.0 Å². The van der Waals surface area contributed by atoms with E-state index in [0.717, 1.165) is 18.0 Å². The molecule has 0 bridgehead atoms. The fourth-order valence-corrected chi connectivity index (χ4v) is 13.5. The van der Waals surface area contributed by atoms with E-state index >= 15 is 0 Å². The number of hydrogen-bond acceptors (Lipinski definition) is 2. The highest BCUT2D eigenvalue weighted by Crippen LogP contribution is 2.45. The highest BCUT2D eigenvalue weighted by Gasteiger charge is 2.55. The van der Waals surface area contributed by atoms with E-state index in [1.54, 1.807) is 16.4 Å². The van der Waals surface area contributed by atoms with Gasteiger partial charge in [0.25, 0.3) is 0 Å². The van der Waals surface area contributed by atoms with Gasteiger partial charge in [0.05, 0.1) is 4.90 Å². The topological polar surface area (TPSA) is 37.4 Å². The van der Waals surface area contributed by atoms with Gasteiger partial charge in [-0.15, -0.1) is 6.58 Å². The third-order valence-electron chi connectivity index (χ3n) is 7.75. The van der Waals surface area contributed by atoms with Crippen LogP contribution in [0.3, 0.4) is 0 Å². The lowest BCUT2D eigenvalue weighted by Gasteiger charge is -2.53. The van der Waals surface area contributed by atoms with E-state index in [1.165, 1.54) is 10.4 Å². The van der Waals surface area contributed by atoms with Gasteiger partial charge in [-0.05, 0) is 42.5 Å². The van der Waals surface area contributed by atoms with Crippen molar-refractivity contribution in [2.75, 3.05) is 6.54 Å². The molecule has 3 aromatic rings. The Hall–Kier alpha value is -2.47. The Labute approximate surface area is 212 Å². The largest absolute Gasteiger partial charge is 0.243 e. The van der Waals surface area contributed by atoms with E-state index in [2.05, 4.69) is 88.0 Å². The van der Waals surface area contributed by atoms with Crippen molar-refractivity contribution < 1.29 is 8.42 Å². The maximum absolute atomic E-state index is 13.8. The van der Waals surface area contributed by atoms with Gasteiger partial charge < -0.3 is 0 Å². The first-order valence-electron chi connectivity index (χ1n) is 12.4. The van der Waals surface area contributed by atoms with Gasteiger partial charge in [-0.3, -0.25) is 0 Å². The molecule has 0 N–H and O–H groups in total. The Morgan fingerprint density at radius 1 is 0.914 bits per heavy atom. The molecule has 0 spiro atoms. The molecule has 1 aliphatic rings. The van der Waals surface area contributed by atoms with E-state index in [1.807, 2.05) is 25.1 Å². The normalized spacial score (nSPS) is 19.2. The van der Waals surface area contributed by atoms with Crippen LogP contribution in [0.5, 0.6) is 0 Å². The molecule has 0 radical (unpaired) electrons. The lowest BCUT2D eigenvalue weighted by atomic mass is 9.90. The van der Waals surface area contributed by atoms with Crippen LogP contribution in [0.25, 0.3) is 0 Å². The molecule has 35 heavy (non-hydrogen) atoms. The maximum Gasteiger partial charge on any atom is 0.243 e. The predicted molar refractivity (Wildman–Crippen MR) is 150 cm³/mol. The van der Waals surface area contributed by atoms with E-state index in [0.29, 0.717) is 11.4 Å². The Balaban J connectivity index is 1.85. The lowest BCUT2D eigenvalue weighted by Crippen LogP contribution is -2.70. The van der Waals surface area contributed by atoms with Gasteiger partial charge in [-0.25, -0.2) is 8.42 Å². The van der Waals surface area contributed by atoms with Crippen LogP contribution in [-0.4, -0.2) is 33.4 Å². The zero-order chi connectivity index (χ0) is 25.3. The minimum atomic E-state index is -3.58. The Kier molecular flexibility index (Phi) is 7.23. The van der Waals surface area contributed by atoms with E-state index < -0.39 is 18.1 Å². The van der Waals surface area contributed by atoms with Gasteiger partial charge in [-0.1, -0.05) is 116 Å². The fourth-order valence-electron chi connectivity index (χ4n) is 5.76. The minimum absolute atomic E-state index is 0.0245. The summed E-state index contributed by atoms with van der Waals surface area (Å²) in [6, 6.07) is 29.6. The average molecular weight is 504 g/mol. The summed E-state index contributed by atoms with van der Waals surface area (Å²) in [7, 11) is -6.00. The summed E-state index contributed by atoms with van der Waals surface area (Å²) in [4.78, 5) is 0.382. The van der Waals surface area contributed by atoms with Crippen molar-refractivity contribution in [3.63, 3.8) is 0 Å². The number of allylic oxidation sites excluding steroid dienone is 1. The van der Waals surface area contributed by atoms with Gasteiger partial charge >= 0.3 is 0 Å². The summed E-state index contributed by atoms with van der Waals surface area (Å²) in [5.41, 5.74) is 1.06. The first-order valence-corrected chi connectivity index (χ1v) is 16.1. The monoisotopic (exact) mass is 503 g/mol. The van der Waals surface area contributed by atoms with Crippen molar-refractivity contribution in [2.45, 2.75) is 56.1 Å². The Morgan fingerprint density at radius 2 is 1.43 bits per heavy atom. The molecule has 3 aromatic carbocycles.